The Balaban J connectivity index is 4.04. The summed E-state index contributed by atoms with van der Waals surface area (Å²) in [6.07, 6.45) is 84.4. The van der Waals surface area contributed by atoms with Gasteiger partial charge in [-0.15, -0.1) is 0 Å². The van der Waals surface area contributed by atoms with Crippen molar-refractivity contribution in [1.29, 1.82) is 0 Å². The van der Waals surface area contributed by atoms with E-state index in [1.165, 1.54) is 148 Å². The summed E-state index contributed by atoms with van der Waals surface area (Å²) in [5, 5.41) is 0. The molecule has 0 aliphatic rings. The Morgan fingerprint density at radius 1 is 0.280 bits per heavy atom. The highest BCUT2D eigenvalue weighted by atomic mass is 16.6. The number of allylic oxidation sites excluding steroid dienone is 16. The fourth-order valence-electron chi connectivity index (χ4n) is 8.76. The molecule has 1 unspecified atom stereocenters. The lowest BCUT2D eigenvalue weighted by atomic mass is 10.0. The molecule has 0 spiro atoms. The molecule has 75 heavy (non-hydrogen) atoms. The Kier molecular flexibility index (Phi) is 59.8. The third kappa shape index (κ3) is 61.1. The number of carbonyl (C=O) groups is 3. The minimum Gasteiger partial charge on any atom is -0.462 e. The maximum Gasteiger partial charge on any atom is 0.306 e. The Morgan fingerprint density at radius 3 is 0.827 bits per heavy atom. The third-order valence-corrected chi connectivity index (χ3v) is 13.5. The van der Waals surface area contributed by atoms with E-state index in [1.807, 2.05) is 0 Å². The van der Waals surface area contributed by atoms with Gasteiger partial charge in [-0.25, -0.2) is 0 Å². The Hall–Kier alpha value is -3.67. The molecular formula is C69H118O6. The number of hydrogen-bond acceptors (Lipinski definition) is 6. The quantitative estimate of drug-likeness (QED) is 0.0261. The van der Waals surface area contributed by atoms with Crippen molar-refractivity contribution in [3.63, 3.8) is 0 Å². The van der Waals surface area contributed by atoms with E-state index < -0.39 is 6.10 Å². The topological polar surface area (TPSA) is 78.9 Å². The van der Waals surface area contributed by atoms with Crippen molar-refractivity contribution in [3.05, 3.63) is 97.2 Å². The minimum absolute atomic E-state index is 0.0805. The van der Waals surface area contributed by atoms with Gasteiger partial charge in [0.15, 0.2) is 6.10 Å². The average Bonchev–Trinajstić information content (AvgIpc) is 3.41. The summed E-state index contributed by atoms with van der Waals surface area (Å²) < 4.78 is 16.8. The summed E-state index contributed by atoms with van der Waals surface area (Å²) in [6.45, 7) is 6.45. The van der Waals surface area contributed by atoms with Gasteiger partial charge in [0.2, 0.25) is 0 Å². The highest BCUT2D eigenvalue weighted by molar-refractivity contribution is 5.71. The summed E-state index contributed by atoms with van der Waals surface area (Å²) in [7, 11) is 0. The van der Waals surface area contributed by atoms with E-state index in [2.05, 4.69) is 118 Å². The zero-order valence-corrected chi connectivity index (χ0v) is 49.3. The summed E-state index contributed by atoms with van der Waals surface area (Å²) in [5.74, 6) is -0.894. The van der Waals surface area contributed by atoms with Crippen molar-refractivity contribution in [2.45, 2.75) is 309 Å². The zero-order chi connectivity index (χ0) is 54.3. The van der Waals surface area contributed by atoms with Crippen LogP contribution in [-0.2, 0) is 28.6 Å². The van der Waals surface area contributed by atoms with E-state index in [-0.39, 0.29) is 31.1 Å². The third-order valence-electron chi connectivity index (χ3n) is 13.5. The average molecular weight is 1040 g/mol. The summed E-state index contributed by atoms with van der Waals surface area (Å²) in [6, 6.07) is 0. The molecule has 0 aromatic carbocycles. The molecule has 0 fully saturated rings. The van der Waals surface area contributed by atoms with E-state index >= 15 is 0 Å². The second kappa shape index (κ2) is 62.9. The first-order valence-corrected chi connectivity index (χ1v) is 31.7. The smallest absolute Gasteiger partial charge is 0.306 e. The van der Waals surface area contributed by atoms with Crippen LogP contribution in [-0.4, -0.2) is 37.2 Å². The van der Waals surface area contributed by atoms with Crippen LogP contribution in [0.3, 0.4) is 0 Å². The van der Waals surface area contributed by atoms with Crippen molar-refractivity contribution < 1.29 is 28.6 Å². The molecule has 0 amide bonds. The lowest BCUT2D eigenvalue weighted by Crippen LogP contribution is -2.30. The highest BCUT2D eigenvalue weighted by Gasteiger charge is 2.19. The van der Waals surface area contributed by atoms with Gasteiger partial charge in [-0.05, 0) is 109 Å². The predicted octanol–water partition coefficient (Wildman–Crippen LogP) is 21.7. The van der Waals surface area contributed by atoms with Gasteiger partial charge < -0.3 is 14.2 Å². The number of rotatable bonds is 57. The van der Waals surface area contributed by atoms with Crippen molar-refractivity contribution >= 4 is 17.9 Å². The van der Waals surface area contributed by atoms with E-state index in [4.69, 9.17) is 14.2 Å². The largest absolute Gasteiger partial charge is 0.462 e. The molecule has 0 saturated carbocycles. The van der Waals surface area contributed by atoms with Crippen LogP contribution >= 0.6 is 0 Å². The van der Waals surface area contributed by atoms with Gasteiger partial charge in [0, 0.05) is 19.3 Å². The van der Waals surface area contributed by atoms with Gasteiger partial charge in [0.1, 0.15) is 13.2 Å². The molecule has 0 aromatic rings. The van der Waals surface area contributed by atoms with E-state index in [1.54, 1.807) is 0 Å². The molecule has 1 atom stereocenters. The molecule has 0 aromatic heterocycles. The standard InChI is InChI=1S/C69H118O6/c1-4-7-10-13-16-19-22-23-24-25-26-27-28-29-30-31-32-33-34-35-36-37-38-39-40-41-42-43-44-45-48-50-53-56-59-62-68(71)74-65-66(75-69(72)63-60-57-54-51-47-21-18-15-12-9-6-3)64-73-67(70)61-58-55-52-49-46-20-17-14-11-8-5-2/h7,10,14-19,23-24,26-27,29-30,32-33,66H,4-6,8-9,11-13,20-22,25,28,31,34-65H2,1-3H3/b10-7-,17-14-,18-15-,19-16-,24-23-,27-26-,30-29-,33-32-. The van der Waals surface area contributed by atoms with Crippen LogP contribution in [0.15, 0.2) is 97.2 Å². The SMILES string of the molecule is CC/C=C\C/C=C\C/C=C\C/C=C\C/C=C\C/C=C\CCCCCCCCCCCCCCCCCCC(=O)OCC(COC(=O)CCCCCCC/C=C\CCCC)OC(=O)CCCCCCC/C=C\CCCC. The van der Waals surface area contributed by atoms with Gasteiger partial charge in [0.25, 0.3) is 0 Å². The van der Waals surface area contributed by atoms with Gasteiger partial charge in [-0.2, -0.15) is 0 Å². The second-order valence-electron chi connectivity index (χ2n) is 20.9. The van der Waals surface area contributed by atoms with Crippen molar-refractivity contribution in [3.8, 4) is 0 Å². The predicted molar refractivity (Wildman–Crippen MR) is 325 cm³/mol. The van der Waals surface area contributed by atoms with Crippen molar-refractivity contribution in [2.24, 2.45) is 0 Å². The van der Waals surface area contributed by atoms with E-state index in [0.717, 1.165) is 116 Å². The Labute approximate surface area is 464 Å². The van der Waals surface area contributed by atoms with Crippen LogP contribution in [0.25, 0.3) is 0 Å². The second-order valence-corrected chi connectivity index (χ2v) is 20.9. The molecule has 0 heterocycles. The molecule has 0 radical (unpaired) electrons. The normalized spacial score (nSPS) is 12.7. The lowest BCUT2D eigenvalue weighted by Gasteiger charge is -2.18. The van der Waals surface area contributed by atoms with Gasteiger partial charge in [-0.3, -0.25) is 14.4 Å². The van der Waals surface area contributed by atoms with Crippen molar-refractivity contribution in [2.75, 3.05) is 13.2 Å². The van der Waals surface area contributed by atoms with Gasteiger partial charge in [0.05, 0.1) is 0 Å². The molecule has 0 N–H and O–H groups in total. The zero-order valence-electron chi connectivity index (χ0n) is 49.3. The first kappa shape index (κ1) is 71.3. The monoisotopic (exact) mass is 1040 g/mol. The first-order valence-electron chi connectivity index (χ1n) is 31.7. The maximum absolute atomic E-state index is 12.8. The Bertz CT molecular complexity index is 1480. The molecule has 6 nitrogen and oxygen atoms in total. The number of esters is 3. The van der Waals surface area contributed by atoms with Crippen LogP contribution in [0.4, 0.5) is 0 Å². The molecule has 430 valence electrons. The lowest BCUT2D eigenvalue weighted by molar-refractivity contribution is -0.167. The summed E-state index contributed by atoms with van der Waals surface area (Å²) in [5.41, 5.74) is 0. The highest BCUT2D eigenvalue weighted by Crippen LogP contribution is 2.16. The maximum atomic E-state index is 12.8. The molecule has 0 aliphatic heterocycles. The van der Waals surface area contributed by atoms with Crippen LogP contribution in [0.1, 0.15) is 303 Å². The van der Waals surface area contributed by atoms with Crippen LogP contribution < -0.4 is 0 Å². The summed E-state index contributed by atoms with van der Waals surface area (Å²) >= 11 is 0. The van der Waals surface area contributed by atoms with Crippen molar-refractivity contribution in [1.82, 2.24) is 0 Å². The van der Waals surface area contributed by atoms with E-state index in [0.29, 0.717) is 19.3 Å². The minimum atomic E-state index is -0.782. The van der Waals surface area contributed by atoms with Crippen LogP contribution in [0.5, 0.6) is 0 Å². The number of ether oxygens (including phenoxy) is 3. The number of carbonyl (C=O) groups excluding carboxylic acids is 3. The summed E-state index contributed by atoms with van der Waals surface area (Å²) in [4.78, 5) is 38.1. The molecule has 0 bridgehead atoms. The Morgan fingerprint density at radius 2 is 0.520 bits per heavy atom. The van der Waals surface area contributed by atoms with E-state index in [9.17, 15) is 14.4 Å². The fraction of sp³-hybridized carbons (Fsp3) is 0.725. The van der Waals surface area contributed by atoms with Gasteiger partial charge >= 0.3 is 17.9 Å². The molecule has 0 aliphatic carbocycles. The van der Waals surface area contributed by atoms with Crippen LogP contribution in [0, 0.1) is 0 Å². The fourth-order valence-corrected chi connectivity index (χ4v) is 8.76. The van der Waals surface area contributed by atoms with Gasteiger partial charge in [-0.1, -0.05) is 272 Å². The molecule has 6 heteroatoms. The van der Waals surface area contributed by atoms with Crippen LogP contribution in [0.2, 0.25) is 0 Å². The molecule has 0 saturated heterocycles. The number of unbranched alkanes of at least 4 members (excludes halogenated alkanes) is 30. The molecular weight excluding hydrogens is 925 g/mol. The number of hydrogen-bond donors (Lipinski definition) is 0. The molecule has 0 rings (SSSR count). The first-order chi connectivity index (χ1) is 37.0.